The monoisotopic (exact) mass is 802 g/mol. The fourth-order valence-corrected chi connectivity index (χ4v) is 8.77. The summed E-state index contributed by atoms with van der Waals surface area (Å²) in [6, 6.07) is 2.79. The Morgan fingerprint density at radius 2 is 1.84 bits per heavy atom. The van der Waals surface area contributed by atoms with Crippen molar-refractivity contribution >= 4 is 44.9 Å². The number of sulfonamides is 1. The Kier molecular flexibility index (Phi) is 10.2. The number of aromatic nitrogens is 2. The lowest BCUT2D eigenvalue weighted by atomic mass is 10.0. The van der Waals surface area contributed by atoms with Gasteiger partial charge in [0.05, 0.1) is 34.8 Å². The van der Waals surface area contributed by atoms with Crippen molar-refractivity contribution in [2.24, 2.45) is 11.3 Å². The van der Waals surface area contributed by atoms with Gasteiger partial charge in [-0.3, -0.25) is 19.1 Å². The van der Waals surface area contributed by atoms with Gasteiger partial charge in [-0.15, -0.1) is 0 Å². The number of alkyl halides is 2. The van der Waals surface area contributed by atoms with Crippen molar-refractivity contribution in [2.45, 2.75) is 119 Å². The molecule has 56 heavy (non-hydrogen) atoms. The lowest BCUT2D eigenvalue weighted by molar-refractivity contribution is -0.141. The molecular formula is C38H48F2N6O9S. The molecule has 0 bridgehead atoms. The van der Waals surface area contributed by atoms with Crippen molar-refractivity contribution < 1.29 is 50.6 Å². The van der Waals surface area contributed by atoms with Gasteiger partial charge in [-0.25, -0.2) is 32.0 Å². The van der Waals surface area contributed by atoms with Crippen LogP contribution in [0.2, 0.25) is 0 Å². The first-order valence-corrected chi connectivity index (χ1v) is 20.5. The summed E-state index contributed by atoms with van der Waals surface area (Å²) in [5.41, 5.74) is -1.53. The van der Waals surface area contributed by atoms with Gasteiger partial charge >= 0.3 is 6.09 Å². The molecule has 304 valence electrons. The number of alkyl carbamates (subject to hydrolysis) is 1. The largest absolute Gasteiger partial charge is 0.497 e. The minimum atomic E-state index is -4.03. The summed E-state index contributed by atoms with van der Waals surface area (Å²) in [4.78, 5) is 66.2. The first-order chi connectivity index (χ1) is 26.4. The van der Waals surface area contributed by atoms with E-state index in [0.717, 1.165) is 0 Å². The van der Waals surface area contributed by atoms with Gasteiger partial charge in [0, 0.05) is 24.8 Å². The summed E-state index contributed by atoms with van der Waals surface area (Å²) in [5.74, 6) is -4.93. The fourth-order valence-electron chi connectivity index (χ4n) is 7.46. The number of allylic oxidation sites excluding steroid dienone is 1. The Balaban J connectivity index is 1.17. The molecule has 3 N–H and O–H groups in total. The van der Waals surface area contributed by atoms with Crippen LogP contribution in [-0.4, -0.2) is 102 Å². The molecule has 18 heteroatoms. The Morgan fingerprint density at radius 1 is 1.09 bits per heavy atom. The lowest BCUT2D eigenvalue weighted by Crippen LogP contribution is -2.58. The van der Waals surface area contributed by atoms with Crippen molar-refractivity contribution in [2.75, 3.05) is 20.3 Å². The number of nitrogens with one attached hydrogen (secondary N) is 3. The highest BCUT2D eigenvalue weighted by Crippen LogP contribution is 2.60. The molecule has 1 unspecified atom stereocenters. The van der Waals surface area contributed by atoms with Crippen LogP contribution in [0.15, 0.2) is 30.4 Å². The minimum Gasteiger partial charge on any atom is -0.497 e. The number of benzene rings is 1. The number of halogens is 2. The number of hydrogen-bond donors (Lipinski definition) is 3. The number of hydrogen-bond acceptors (Lipinski definition) is 11. The summed E-state index contributed by atoms with van der Waals surface area (Å²) >= 11 is 0. The number of nitrogens with zero attached hydrogens (tertiary/aromatic N) is 3. The highest BCUT2D eigenvalue weighted by Gasteiger charge is 2.68. The van der Waals surface area contributed by atoms with Gasteiger partial charge in [-0.05, 0) is 64.5 Å². The SMILES string of the molecule is COc1ccc2nc(C)c(O[C@@H]3C[C@H]4C(=O)N[C@]5(C(=O)NS(=O)(=O)C6(C)CC6)C[C@H]5/C=C\CCCCC[C@H](NC(=O)OCC5(C)CC5(F)F)C(=O)N4C3)nc2c1. The van der Waals surface area contributed by atoms with Crippen LogP contribution in [0.25, 0.3) is 11.0 Å². The quantitative estimate of drug-likeness (QED) is 0.312. The molecule has 5 aliphatic rings. The van der Waals surface area contributed by atoms with Gasteiger partial charge in [-0.1, -0.05) is 31.9 Å². The topological polar surface area (TPSA) is 195 Å². The van der Waals surface area contributed by atoms with Crippen molar-refractivity contribution in [3.8, 4) is 11.6 Å². The van der Waals surface area contributed by atoms with Crippen molar-refractivity contribution in [1.82, 2.24) is 30.2 Å². The average Bonchev–Trinajstić information content (AvgIpc) is 4.08. The second-order valence-electron chi connectivity index (χ2n) is 16.4. The predicted octanol–water partition coefficient (Wildman–Crippen LogP) is 3.83. The van der Waals surface area contributed by atoms with E-state index in [1.165, 1.54) is 18.9 Å². The molecule has 2 aromatic rings. The number of fused-ring (bicyclic) bond motifs is 3. The molecule has 0 radical (unpaired) electrons. The third kappa shape index (κ3) is 7.72. The molecule has 3 heterocycles. The highest BCUT2D eigenvalue weighted by molar-refractivity contribution is 7.91. The van der Waals surface area contributed by atoms with Crippen LogP contribution in [-0.2, 0) is 29.1 Å². The van der Waals surface area contributed by atoms with Gasteiger partial charge < -0.3 is 29.7 Å². The summed E-state index contributed by atoms with van der Waals surface area (Å²) in [6.07, 6.45) is 5.03. The molecule has 1 aromatic heterocycles. The zero-order chi connectivity index (χ0) is 40.3. The third-order valence-electron chi connectivity index (χ3n) is 11.9. The molecule has 6 atom stereocenters. The molecular weight excluding hydrogens is 755 g/mol. The van der Waals surface area contributed by atoms with Crippen LogP contribution in [0.1, 0.15) is 83.7 Å². The van der Waals surface area contributed by atoms with E-state index in [-0.39, 0.29) is 31.7 Å². The second kappa shape index (κ2) is 14.4. The van der Waals surface area contributed by atoms with Crippen LogP contribution >= 0.6 is 0 Å². The zero-order valence-corrected chi connectivity index (χ0v) is 32.7. The van der Waals surface area contributed by atoms with Crippen LogP contribution in [0.5, 0.6) is 11.6 Å². The number of amides is 4. The molecule has 0 spiro atoms. The van der Waals surface area contributed by atoms with E-state index in [1.807, 2.05) is 12.2 Å². The van der Waals surface area contributed by atoms with E-state index in [9.17, 15) is 36.4 Å². The Labute approximate surface area is 323 Å². The van der Waals surface area contributed by atoms with E-state index in [0.29, 0.717) is 61.0 Å². The number of carbonyl (C=O) groups excluding carboxylic acids is 4. The van der Waals surface area contributed by atoms with E-state index in [1.54, 1.807) is 32.0 Å². The number of methoxy groups -OCH3 is 1. The molecule has 3 aliphatic carbocycles. The smallest absolute Gasteiger partial charge is 0.407 e. The van der Waals surface area contributed by atoms with E-state index in [2.05, 4.69) is 25.3 Å². The molecule has 15 nitrogen and oxygen atoms in total. The summed E-state index contributed by atoms with van der Waals surface area (Å²) in [6.45, 7) is 3.92. The van der Waals surface area contributed by atoms with Crippen LogP contribution in [0.4, 0.5) is 13.6 Å². The average molecular weight is 803 g/mol. The van der Waals surface area contributed by atoms with Crippen molar-refractivity contribution in [3.63, 3.8) is 0 Å². The molecule has 2 aliphatic heterocycles. The maximum absolute atomic E-state index is 14.5. The lowest BCUT2D eigenvalue weighted by Gasteiger charge is -2.30. The third-order valence-corrected chi connectivity index (χ3v) is 14.1. The van der Waals surface area contributed by atoms with Crippen LogP contribution in [0, 0.1) is 18.3 Å². The maximum Gasteiger partial charge on any atom is 0.407 e. The van der Waals surface area contributed by atoms with Gasteiger partial charge in [0.15, 0.2) is 0 Å². The number of ether oxygens (including phenoxy) is 3. The van der Waals surface area contributed by atoms with Gasteiger partial charge in [0.1, 0.15) is 41.8 Å². The van der Waals surface area contributed by atoms with E-state index < -0.39 is 92.6 Å². The Bertz CT molecular complexity index is 2080. The van der Waals surface area contributed by atoms with Crippen LogP contribution in [0.3, 0.4) is 0 Å². The first-order valence-electron chi connectivity index (χ1n) is 19.1. The second-order valence-corrected chi connectivity index (χ2v) is 18.6. The molecule has 7 rings (SSSR count). The number of aryl methyl sites for hydroxylation is 1. The number of carbonyl (C=O) groups is 4. The Hall–Kier alpha value is -4.61. The summed E-state index contributed by atoms with van der Waals surface area (Å²) < 4.78 is 71.9. The van der Waals surface area contributed by atoms with Gasteiger partial charge in [0.25, 0.3) is 11.8 Å². The highest BCUT2D eigenvalue weighted by atomic mass is 32.2. The fraction of sp³-hybridized carbons (Fsp3) is 0.632. The zero-order valence-electron chi connectivity index (χ0n) is 31.9. The molecule has 4 fully saturated rings. The van der Waals surface area contributed by atoms with Crippen LogP contribution < -0.4 is 24.8 Å². The van der Waals surface area contributed by atoms with E-state index >= 15 is 0 Å². The standard InChI is InChI=1S/C38H48F2N6O9S/c1-22-31(42-28-16-24(53-4)12-13-26(28)41-22)55-25-17-29-30(47)44-37(33(49)45-56(51,52)36(3)14-15-36)18-23(37)10-8-6-5-7-9-11-27(32(48)46(29)19-25)43-34(50)54-21-35(2)20-38(35,39)40/h8,10,12-13,16,23,25,27,29H,5-7,9,11,14-15,17-21H2,1-4H3,(H,43,50)(H,44,47)(H,45,49)/b10-8-/t23-,25-,27+,29+,35?,37-/m1/s1. The molecule has 1 aromatic carbocycles. The van der Waals surface area contributed by atoms with Gasteiger partial charge in [0.2, 0.25) is 27.7 Å². The van der Waals surface area contributed by atoms with Crippen molar-refractivity contribution in [3.05, 3.63) is 36.0 Å². The first kappa shape index (κ1) is 39.6. The Morgan fingerprint density at radius 3 is 2.54 bits per heavy atom. The van der Waals surface area contributed by atoms with Crippen molar-refractivity contribution in [1.29, 1.82) is 0 Å². The normalized spacial score (nSPS) is 31.4. The van der Waals surface area contributed by atoms with Gasteiger partial charge in [-0.2, -0.15) is 0 Å². The minimum absolute atomic E-state index is 0.0476. The number of rotatable bonds is 9. The molecule has 1 saturated heterocycles. The maximum atomic E-state index is 14.5. The van der Waals surface area contributed by atoms with E-state index in [4.69, 9.17) is 14.2 Å². The predicted molar refractivity (Wildman–Crippen MR) is 197 cm³/mol. The summed E-state index contributed by atoms with van der Waals surface area (Å²) in [7, 11) is -2.51. The molecule has 3 saturated carbocycles. The molecule has 4 amide bonds. The summed E-state index contributed by atoms with van der Waals surface area (Å²) in [5, 5.41) is 5.38.